The lowest BCUT2D eigenvalue weighted by atomic mass is 9.92. The number of hydrogen-bond acceptors (Lipinski definition) is 5. The first kappa shape index (κ1) is 15.5. The zero-order valence-corrected chi connectivity index (χ0v) is 14.5. The van der Waals surface area contributed by atoms with Crippen LogP contribution in [0.5, 0.6) is 0 Å². The van der Waals surface area contributed by atoms with Crippen molar-refractivity contribution in [2.24, 2.45) is 0 Å². The molecule has 5 rings (SSSR count). The molecule has 3 heterocycles. The molecule has 0 saturated heterocycles. The molecule has 1 aromatic heterocycles. The summed E-state index contributed by atoms with van der Waals surface area (Å²) in [4.78, 5) is 14.5. The summed E-state index contributed by atoms with van der Waals surface area (Å²) in [5, 5.41) is 1.10. The lowest BCUT2D eigenvalue weighted by Crippen LogP contribution is -2.30. The van der Waals surface area contributed by atoms with Crippen LogP contribution < -0.4 is 4.90 Å². The maximum absolute atomic E-state index is 12.2. The Morgan fingerprint density at radius 1 is 1.19 bits per heavy atom. The summed E-state index contributed by atoms with van der Waals surface area (Å²) in [5.41, 5.74) is 6.20. The van der Waals surface area contributed by atoms with Gasteiger partial charge in [-0.15, -0.1) is 0 Å². The van der Waals surface area contributed by atoms with Gasteiger partial charge in [-0.25, -0.2) is 4.79 Å². The Hall–Kier alpha value is -2.79. The Morgan fingerprint density at radius 2 is 2.12 bits per heavy atom. The summed E-state index contributed by atoms with van der Waals surface area (Å²) in [6, 6.07) is 12.4. The van der Waals surface area contributed by atoms with Crippen molar-refractivity contribution in [3.05, 3.63) is 64.9 Å². The van der Waals surface area contributed by atoms with Crippen LogP contribution in [0.15, 0.2) is 47.1 Å². The Bertz CT molecular complexity index is 1010. The molecule has 0 radical (unpaired) electrons. The van der Waals surface area contributed by atoms with Gasteiger partial charge < -0.3 is 18.8 Å². The highest BCUT2D eigenvalue weighted by Gasteiger charge is 2.33. The van der Waals surface area contributed by atoms with Crippen LogP contribution >= 0.6 is 0 Å². The van der Waals surface area contributed by atoms with Crippen molar-refractivity contribution < 1.29 is 18.7 Å². The summed E-state index contributed by atoms with van der Waals surface area (Å²) in [5.74, 6) is -0.248. The molecule has 26 heavy (non-hydrogen) atoms. The predicted molar refractivity (Wildman–Crippen MR) is 97.4 cm³/mol. The molecule has 2 aromatic carbocycles. The third-order valence-electron chi connectivity index (χ3n) is 5.32. The highest BCUT2D eigenvalue weighted by Crippen LogP contribution is 2.36. The number of esters is 1. The maximum Gasteiger partial charge on any atom is 0.339 e. The average Bonchev–Trinajstić information content (AvgIpc) is 3.24. The zero-order chi connectivity index (χ0) is 17.7. The van der Waals surface area contributed by atoms with Gasteiger partial charge >= 0.3 is 5.97 Å². The predicted octanol–water partition coefficient (Wildman–Crippen LogP) is 3.85. The molecule has 2 aliphatic rings. The van der Waals surface area contributed by atoms with E-state index in [-0.39, 0.29) is 12.1 Å². The fourth-order valence-electron chi connectivity index (χ4n) is 3.97. The van der Waals surface area contributed by atoms with Crippen LogP contribution in [0.3, 0.4) is 0 Å². The van der Waals surface area contributed by atoms with Gasteiger partial charge in [-0.3, -0.25) is 0 Å². The van der Waals surface area contributed by atoms with Crippen LogP contribution in [-0.2, 0) is 22.4 Å². The number of carbonyl (C=O) groups is 1. The third-order valence-corrected chi connectivity index (χ3v) is 5.32. The summed E-state index contributed by atoms with van der Waals surface area (Å²) in [6.07, 6.45) is 2.37. The van der Waals surface area contributed by atoms with Gasteiger partial charge in [0.25, 0.3) is 0 Å². The van der Waals surface area contributed by atoms with Gasteiger partial charge in [-0.05, 0) is 47.9 Å². The maximum atomic E-state index is 12.2. The number of furan rings is 1. The number of nitrogens with zero attached hydrogens (tertiary/aromatic N) is 1. The number of fused-ring (bicyclic) bond motifs is 3. The average molecular weight is 349 g/mol. The first-order valence-corrected chi connectivity index (χ1v) is 8.81. The molecule has 0 saturated carbocycles. The Labute approximate surface area is 151 Å². The Balaban J connectivity index is 1.47. The first-order valence-electron chi connectivity index (χ1n) is 8.81. The van der Waals surface area contributed by atoms with Gasteiger partial charge in [0.05, 0.1) is 18.4 Å². The number of ether oxygens (including phenoxy) is 2. The van der Waals surface area contributed by atoms with Gasteiger partial charge in [0.15, 0.2) is 6.10 Å². The molecule has 0 spiro atoms. The van der Waals surface area contributed by atoms with Gasteiger partial charge in [-0.1, -0.05) is 6.07 Å². The largest absolute Gasteiger partial charge is 0.464 e. The van der Waals surface area contributed by atoms with Crippen LogP contribution in [-0.4, -0.2) is 26.2 Å². The van der Waals surface area contributed by atoms with Crippen molar-refractivity contribution in [3.63, 3.8) is 0 Å². The van der Waals surface area contributed by atoms with Crippen molar-refractivity contribution in [1.29, 1.82) is 0 Å². The van der Waals surface area contributed by atoms with Gasteiger partial charge in [-0.2, -0.15) is 0 Å². The van der Waals surface area contributed by atoms with Crippen LogP contribution in [0.2, 0.25) is 0 Å². The van der Waals surface area contributed by atoms with E-state index in [0.29, 0.717) is 12.2 Å². The molecule has 5 heteroatoms. The van der Waals surface area contributed by atoms with Crippen molar-refractivity contribution in [3.8, 4) is 0 Å². The fourth-order valence-corrected chi connectivity index (χ4v) is 3.97. The number of hydrogen-bond donors (Lipinski definition) is 0. The summed E-state index contributed by atoms with van der Waals surface area (Å²) in [7, 11) is 1.62. The summed E-state index contributed by atoms with van der Waals surface area (Å²) in [6.45, 7) is 2.13. The normalized spacial score (nSPS) is 18.7. The number of cyclic esters (lactones) is 1. The molecule has 0 bridgehead atoms. The minimum absolute atomic E-state index is 0.248. The van der Waals surface area contributed by atoms with Crippen LogP contribution in [0.4, 0.5) is 5.69 Å². The molecule has 0 N–H and O–H groups in total. The summed E-state index contributed by atoms with van der Waals surface area (Å²) >= 11 is 0. The Kier molecular flexibility index (Phi) is 3.50. The van der Waals surface area contributed by atoms with E-state index in [1.807, 2.05) is 18.2 Å². The molecule has 1 atom stereocenters. The molecule has 2 aliphatic heterocycles. The monoisotopic (exact) mass is 349 g/mol. The quantitative estimate of drug-likeness (QED) is 0.672. The van der Waals surface area contributed by atoms with Crippen LogP contribution in [0.25, 0.3) is 11.0 Å². The minimum atomic E-state index is -0.283. The Morgan fingerprint density at radius 3 is 3.00 bits per heavy atom. The van der Waals surface area contributed by atoms with Crippen molar-refractivity contribution in [1.82, 2.24) is 0 Å². The highest BCUT2D eigenvalue weighted by molar-refractivity contribution is 5.94. The second-order valence-electron chi connectivity index (χ2n) is 6.87. The van der Waals surface area contributed by atoms with Crippen molar-refractivity contribution in [2.45, 2.75) is 19.1 Å². The van der Waals surface area contributed by atoms with E-state index >= 15 is 0 Å². The van der Waals surface area contributed by atoms with E-state index in [4.69, 9.17) is 13.9 Å². The lowest BCUT2D eigenvalue weighted by Gasteiger charge is -2.31. The number of benzene rings is 2. The molecule has 0 amide bonds. The molecular weight excluding hydrogens is 330 g/mol. The van der Waals surface area contributed by atoms with E-state index in [1.165, 1.54) is 16.8 Å². The lowest BCUT2D eigenvalue weighted by molar-refractivity contribution is 0.0152. The minimum Gasteiger partial charge on any atom is -0.464 e. The number of carbonyl (C=O) groups excluding carboxylic acids is 1. The highest BCUT2D eigenvalue weighted by atomic mass is 16.6. The van der Waals surface area contributed by atoms with Crippen LogP contribution in [0.1, 0.15) is 33.2 Å². The van der Waals surface area contributed by atoms with E-state index in [9.17, 15) is 4.79 Å². The molecule has 0 aliphatic carbocycles. The number of methoxy groups -OCH3 is 1. The number of anilines is 1. The first-order chi connectivity index (χ1) is 12.7. The van der Waals surface area contributed by atoms with E-state index in [1.54, 1.807) is 13.4 Å². The topological polar surface area (TPSA) is 51.9 Å². The fraction of sp³-hybridized carbons (Fsp3) is 0.286. The smallest absolute Gasteiger partial charge is 0.339 e. The van der Waals surface area contributed by atoms with Gasteiger partial charge in [0.1, 0.15) is 5.58 Å². The van der Waals surface area contributed by atoms with Crippen LogP contribution in [0, 0.1) is 0 Å². The number of rotatable bonds is 3. The van der Waals surface area contributed by atoms with E-state index < -0.39 is 0 Å². The second kappa shape index (κ2) is 5.88. The second-order valence-corrected chi connectivity index (χ2v) is 6.87. The molecule has 3 aromatic rings. The standard InChI is InChI=1S/C21H19NO4/c1-24-12-20-17-9-13-4-6-22(11-15(13)10-18(17)21(23)26-20)16-2-3-19-14(8-16)5-7-25-19/h2-3,5,7-10,20H,4,6,11-12H2,1H3. The van der Waals surface area contributed by atoms with Crippen molar-refractivity contribution in [2.75, 3.05) is 25.2 Å². The van der Waals surface area contributed by atoms with E-state index in [0.717, 1.165) is 36.0 Å². The molecule has 132 valence electrons. The molecule has 0 fully saturated rings. The van der Waals surface area contributed by atoms with Gasteiger partial charge in [0.2, 0.25) is 0 Å². The molecule has 5 nitrogen and oxygen atoms in total. The zero-order valence-electron chi connectivity index (χ0n) is 14.5. The van der Waals surface area contributed by atoms with E-state index in [2.05, 4.69) is 23.1 Å². The molecule has 1 unspecified atom stereocenters. The molecular formula is C21H19NO4. The third kappa shape index (κ3) is 2.39. The summed E-state index contributed by atoms with van der Waals surface area (Å²) < 4.78 is 16.1. The van der Waals surface area contributed by atoms with Crippen molar-refractivity contribution >= 4 is 22.6 Å². The van der Waals surface area contributed by atoms with Gasteiger partial charge in [0, 0.05) is 36.8 Å². The SMILES string of the molecule is COCC1OC(=O)c2cc3c(cc21)CCN(c1ccc2occc2c1)C3.